The van der Waals surface area contributed by atoms with Gasteiger partial charge in [0.05, 0.1) is 6.61 Å². The summed E-state index contributed by atoms with van der Waals surface area (Å²) in [5.74, 6) is -2.08. The summed E-state index contributed by atoms with van der Waals surface area (Å²) >= 11 is 6.08. The van der Waals surface area contributed by atoms with Crippen molar-refractivity contribution in [3.05, 3.63) is 47.5 Å². The molecule has 0 aliphatic heterocycles. The Kier molecular flexibility index (Phi) is 5.77. The summed E-state index contributed by atoms with van der Waals surface area (Å²) in [6.45, 7) is 5.30. The zero-order valence-electron chi connectivity index (χ0n) is 11.3. The summed E-state index contributed by atoms with van der Waals surface area (Å²) in [5.41, 5.74) is -1.56. The molecule has 5 heteroatoms. The molecule has 0 spiro atoms. The van der Waals surface area contributed by atoms with Gasteiger partial charge in [-0.1, -0.05) is 35.9 Å². The van der Waals surface area contributed by atoms with Gasteiger partial charge in [0.1, 0.15) is 0 Å². The first kappa shape index (κ1) is 16.2. The molecule has 0 aliphatic carbocycles. The van der Waals surface area contributed by atoms with Crippen LogP contribution in [0.1, 0.15) is 25.3 Å². The van der Waals surface area contributed by atoms with Crippen molar-refractivity contribution in [1.82, 2.24) is 0 Å². The summed E-state index contributed by atoms with van der Waals surface area (Å²) in [6, 6.07) is 6.42. The smallest absolute Gasteiger partial charge is 0.328 e. The zero-order chi connectivity index (χ0) is 15.2. The van der Waals surface area contributed by atoms with E-state index in [4.69, 9.17) is 16.3 Å². The molecule has 108 valence electrons. The van der Waals surface area contributed by atoms with Gasteiger partial charge in [0.15, 0.2) is 5.41 Å². The van der Waals surface area contributed by atoms with Gasteiger partial charge in [0.25, 0.3) is 0 Å². The standard InChI is InChI=1S/C15H17ClO4/c1-3-5-10-15(13(17)18,14(19)20-4-2)11-8-6-7-9-12(11)16/h3,6-9H,1,4-5,10H2,2H3,(H,17,18). The third-order valence-electron chi connectivity index (χ3n) is 3.05. The Morgan fingerprint density at radius 1 is 1.45 bits per heavy atom. The number of halogens is 1. The Labute approximate surface area is 123 Å². The van der Waals surface area contributed by atoms with E-state index in [1.807, 2.05) is 0 Å². The highest BCUT2D eigenvalue weighted by atomic mass is 35.5. The highest BCUT2D eigenvalue weighted by Gasteiger charge is 2.49. The van der Waals surface area contributed by atoms with Crippen LogP contribution in [-0.4, -0.2) is 23.7 Å². The molecule has 1 unspecified atom stereocenters. The fourth-order valence-corrected chi connectivity index (χ4v) is 2.33. The van der Waals surface area contributed by atoms with Gasteiger partial charge in [-0.05, 0) is 31.4 Å². The van der Waals surface area contributed by atoms with E-state index in [-0.39, 0.29) is 23.6 Å². The number of hydrogen-bond acceptors (Lipinski definition) is 3. The molecule has 4 nitrogen and oxygen atoms in total. The Balaban J connectivity index is 3.44. The lowest BCUT2D eigenvalue weighted by molar-refractivity contribution is -0.162. The topological polar surface area (TPSA) is 63.6 Å². The summed E-state index contributed by atoms with van der Waals surface area (Å²) < 4.78 is 4.96. The molecule has 0 aliphatic rings. The summed E-state index contributed by atoms with van der Waals surface area (Å²) in [5, 5.41) is 9.86. The average molecular weight is 297 g/mol. The molecule has 1 atom stereocenters. The molecule has 1 rings (SSSR count). The van der Waals surface area contributed by atoms with Gasteiger partial charge in [-0.3, -0.25) is 9.59 Å². The van der Waals surface area contributed by atoms with E-state index in [0.717, 1.165) is 0 Å². The minimum atomic E-state index is -1.80. The van der Waals surface area contributed by atoms with E-state index < -0.39 is 17.4 Å². The normalized spacial score (nSPS) is 13.3. The Morgan fingerprint density at radius 3 is 2.60 bits per heavy atom. The van der Waals surface area contributed by atoms with Crippen molar-refractivity contribution in [1.29, 1.82) is 0 Å². The van der Waals surface area contributed by atoms with Gasteiger partial charge < -0.3 is 9.84 Å². The molecule has 0 radical (unpaired) electrons. The van der Waals surface area contributed by atoms with Crippen LogP contribution in [0.25, 0.3) is 0 Å². The van der Waals surface area contributed by atoms with Crippen molar-refractivity contribution in [2.75, 3.05) is 6.61 Å². The first-order valence-electron chi connectivity index (χ1n) is 6.27. The first-order chi connectivity index (χ1) is 9.50. The number of rotatable bonds is 7. The predicted molar refractivity (Wildman–Crippen MR) is 76.8 cm³/mol. The second kappa shape index (κ2) is 7.10. The minimum absolute atomic E-state index is 0.0500. The summed E-state index contributed by atoms with van der Waals surface area (Å²) in [7, 11) is 0. The van der Waals surface area contributed by atoms with Crippen LogP contribution in [0, 0.1) is 0 Å². The van der Waals surface area contributed by atoms with Crippen molar-refractivity contribution in [2.45, 2.75) is 25.2 Å². The number of benzene rings is 1. The third kappa shape index (κ3) is 3.02. The highest BCUT2D eigenvalue weighted by molar-refractivity contribution is 6.32. The molecule has 20 heavy (non-hydrogen) atoms. The Bertz CT molecular complexity index is 512. The number of allylic oxidation sites excluding steroid dienone is 1. The number of esters is 1. The molecule has 0 saturated carbocycles. The van der Waals surface area contributed by atoms with E-state index in [1.165, 1.54) is 6.07 Å². The molecule has 0 heterocycles. The molecule has 0 aromatic heterocycles. The van der Waals surface area contributed by atoms with Crippen LogP contribution in [0.3, 0.4) is 0 Å². The van der Waals surface area contributed by atoms with Gasteiger partial charge in [-0.25, -0.2) is 0 Å². The lowest BCUT2D eigenvalue weighted by Crippen LogP contribution is -2.45. The van der Waals surface area contributed by atoms with Crippen LogP contribution >= 0.6 is 11.6 Å². The summed E-state index contributed by atoms with van der Waals surface area (Å²) in [6.07, 6.45) is 1.97. The van der Waals surface area contributed by atoms with Crippen LogP contribution < -0.4 is 0 Å². The number of carbonyl (C=O) groups is 2. The quantitative estimate of drug-likeness (QED) is 0.477. The maximum absolute atomic E-state index is 12.3. The molecular formula is C15H17ClO4. The minimum Gasteiger partial charge on any atom is -0.480 e. The van der Waals surface area contributed by atoms with Crippen molar-refractivity contribution in [3.8, 4) is 0 Å². The third-order valence-corrected chi connectivity index (χ3v) is 3.38. The molecule has 1 aromatic rings. The number of aliphatic carboxylic acids is 1. The SMILES string of the molecule is C=CCCC(C(=O)O)(C(=O)OCC)c1ccccc1Cl. The molecule has 1 N–H and O–H groups in total. The van der Waals surface area contributed by atoms with Crippen molar-refractivity contribution >= 4 is 23.5 Å². The largest absolute Gasteiger partial charge is 0.480 e. The fourth-order valence-electron chi connectivity index (χ4n) is 2.04. The van der Waals surface area contributed by atoms with Crippen LogP contribution in [0.2, 0.25) is 5.02 Å². The highest BCUT2D eigenvalue weighted by Crippen LogP contribution is 2.36. The van der Waals surface area contributed by atoms with E-state index in [0.29, 0.717) is 6.42 Å². The number of carboxylic acids is 1. The van der Waals surface area contributed by atoms with Crippen molar-refractivity contribution < 1.29 is 19.4 Å². The van der Waals surface area contributed by atoms with Gasteiger partial charge in [-0.2, -0.15) is 0 Å². The zero-order valence-corrected chi connectivity index (χ0v) is 12.0. The maximum atomic E-state index is 12.3. The van der Waals surface area contributed by atoms with E-state index in [1.54, 1.807) is 31.2 Å². The predicted octanol–water partition coefficient (Wildman–Crippen LogP) is 3.19. The number of carbonyl (C=O) groups excluding carboxylic acids is 1. The van der Waals surface area contributed by atoms with Crippen molar-refractivity contribution in [3.63, 3.8) is 0 Å². The van der Waals surface area contributed by atoms with Crippen LogP contribution in [0.15, 0.2) is 36.9 Å². The van der Waals surface area contributed by atoms with Crippen molar-refractivity contribution in [2.24, 2.45) is 0 Å². The van der Waals surface area contributed by atoms with E-state index in [9.17, 15) is 14.7 Å². The van der Waals surface area contributed by atoms with E-state index in [2.05, 4.69) is 6.58 Å². The van der Waals surface area contributed by atoms with Crippen LogP contribution in [0.5, 0.6) is 0 Å². The van der Waals surface area contributed by atoms with Crippen LogP contribution in [-0.2, 0) is 19.7 Å². The monoisotopic (exact) mass is 296 g/mol. The fraction of sp³-hybridized carbons (Fsp3) is 0.333. The van der Waals surface area contributed by atoms with Crippen LogP contribution in [0.4, 0.5) is 0 Å². The van der Waals surface area contributed by atoms with Gasteiger partial charge in [-0.15, -0.1) is 6.58 Å². The average Bonchev–Trinajstić information content (AvgIpc) is 2.41. The number of carboxylic acid groups (broad SMARTS) is 1. The first-order valence-corrected chi connectivity index (χ1v) is 6.65. The molecule has 0 saturated heterocycles. The molecule has 0 bridgehead atoms. The van der Waals surface area contributed by atoms with E-state index >= 15 is 0 Å². The summed E-state index contributed by atoms with van der Waals surface area (Å²) in [4.78, 5) is 24.1. The second-order valence-electron chi connectivity index (χ2n) is 4.24. The Morgan fingerprint density at radius 2 is 2.10 bits per heavy atom. The maximum Gasteiger partial charge on any atom is 0.328 e. The van der Waals surface area contributed by atoms with Gasteiger partial charge in [0.2, 0.25) is 0 Å². The molecule has 1 aromatic carbocycles. The number of hydrogen-bond donors (Lipinski definition) is 1. The molecule has 0 amide bonds. The molecular weight excluding hydrogens is 280 g/mol. The second-order valence-corrected chi connectivity index (χ2v) is 4.65. The Hall–Kier alpha value is -1.81. The molecule has 0 fully saturated rings. The van der Waals surface area contributed by atoms with Gasteiger partial charge >= 0.3 is 11.9 Å². The van der Waals surface area contributed by atoms with Gasteiger partial charge in [0, 0.05) is 5.02 Å². The lowest BCUT2D eigenvalue weighted by Gasteiger charge is -2.28. The number of ether oxygens (including phenoxy) is 1. The lowest BCUT2D eigenvalue weighted by atomic mass is 9.76.